The monoisotopic (exact) mass is 381 g/mol. The number of piperazine rings is 1. The minimum atomic E-state index is -1.22. The minimum absolute atomic E-state index is 0.0252. The molecule has 1 unspecified atom stereocenters. The standard InChI is InChI=1S/C17H20ClN3O5/c18-13-4-2-1-3-11(13)9-21(12-5-6-12)15(22)14-10-19(16(23)24)7-8-20(14)17(25)26/h1-4,12,14H,5-10H2,(H,23,24)(H,25,26). The van der Waals surface area contributed by atoms with Crippen LogP contribution in [0, 0.1) is 0 Å². The molecule has 0 spiro atoms. The van der Waals surface area contributed by atoms with Crippen molar-refractivity contribution in [1.29, 1.82) is 0 Å². The van der Waals surface area contributed by atoms with Crippen LogP contribution < -0.4 is 0 Å². The Morgan fingerprint density at radius 3 is 2.38 bits per heavy atom. The normalized spacial score (nSPS) is 20.0. The Morgan fingerprint density at radius 2 is 1.81 bits per heavy atom. The second-order valence-corrected chi connectivity index (χ2v) is 6.92. The molecule has 2 aliphatic rings. The molecular weight excluding hydrogens is 362 g/mol. The Labute approximate surface area is 155 Å². The highest BCUT2D eigenvalue weighted by atomic mass is 35.5. The third-order valence-electron chi connectivity index (χ3n) is 4.75. The molecule has 1 atom stereocenters. The maximum atomic E-state index is 13.1. The number of rotatable bonds is 4. The molecule has 0 aromatic heterocycles. The summed E-state index contributed by atoms with van der Waals surface area (Å²) in [5.41, 5.74) is 0.780. The van der Waals surface area contributed by atoms with Crippen molar-refractivity contribution in [1.82, 2.24) is 14.7 Å². The number of nitrogens with zero attached hydrogens (tertiary/aromatic N) is 3. The predicted molar refractivity (Wildman–Crippen MR) is 93.1 cm³/mol. The first-order valence-corrected chi connectivity index (χ1v) is 8.77. The van der Waals surface area contributed by atoms with E-state index in [9.17, 15) is 24.6 Å². The van der Waals surface area contributed by atoms with E-state index in [1.54, 1.807) is 17.0 Å². The van der Waals surface area contributed by atoms with Crippen molar-refractivity contribution < 1.29 is 24.6 Å². The molecule has 140 valence electrons. The molecule has 1 saturated heterocycles. The average molecular weight is 382 g/mol. The number of halogens is 1. The third kappa shape index (κ3) is 3.85. The minimum Gasteiger partial charge on any atom is -0.465 e. The van der Waals surface area contributed by atoms with Gasteiger partial charge in [-0.2, -0.15) is 0 Å². The largest absolute Gasteiger partial charge is 0.465 e. The summed E-state index contributed by atoms with van der Waals surface area (Å²) in [5.74, 6) is -0.374. The van der Waals surface area contributed by atoms with E-state index >= 15 is 0 Å². The molecule has 1 aliphatic carbocycles. The van der Waals surface area contributed by atoms with Gasteiger partial charge in [0.05, 0.1) is 6.54 Å². The Balaban J connectivity index is 1.83. The van der Waals surface area contributed by atoms with Gasteiger partial charge in [0, 0.05) is 30.7 Å². The number of amides is 3. The van der Waals surface area contributed by atoms with Gasteiger partial charge in [0.2, 0.25) is 5.91 Å². The smallest absolute Gasteiger partial charge is 0.408 e. The van der Waals surface area contributed by atoms with Crippen LogP contribution >= 0.6 is 11.6 Å². The van der Waals surface area contributed by atoms with Crippen LogP contribution in [-0.4, -0.2) is 74.7 Å². The van der Waals surface area contributed by atoms with Gasteiger partial charge >= 0.3 is 12.2 Å². The van der Waals surface area contributed by atoms with Crippen molar-refractivity contribution >= 4 is 29.7 Å². The molecule has 3 rings (SSSR count). The fourth-order valence-corrected chi connectivity index (χ4v) is 3.37. The van der Waals surface area contributed by atoms with Gasteiger partial charge in [-0.3, -0.25) is 9.69 Å². The summed E-state index contributed by atoms with van der Waals surface area (Å²) in [6.45, 7) is 0.147. The van der Waals surface area contributed by atoms with Crippen molar-refractivity contribution in [3.63, 3.8) is 0 Å². The van der Waals surface area contributed by atoms with Gasteiger partial charge in [0.25, 0.3) is 0 Å². The summed E-state index contributed by atoms with van der Waals surface area (Å²) in [5, 5.41) is 19.2. The van der Waals surface area contributed by atoms with E-state index < -0.39 is 18.2 Å². The van der Waals surface area contributed by atoms with Crippen molar-refractivity contribution in [2.45, 2.75) is 31.5 Å². The van der Waals surface area contributed by atoms with E-state index in [2.05, 4.69) is 0 Å². The van der Waals surface area contributed by atoms with Crippen LogP contribution in [0.4, 0.5) is 9.59 Å². The van der Waals surface area contributed by atoms with Crippen molar-refractivity contribution in [2.75, 3.05) is 19.6 Å². The molecule has 1 heterocycles. The highest BCUT2D eigenvalue weighted by Crippen LogP contribution is 2.31. The lowest BCUT2D eigenvalue weighted by Gasteiger charge is -2.40. The van der Waals surface area contributed by atoms with E-state index in [1.807, 2.05) is 12.1 Å². The zero-order valence-corrected chi connectivity index (χ0v) is 14.8. The Morgan fingerprint density at radius 1 is 1.12 bits per heavy atom. The van der Waals surface area contributed by atoms with E-state index in [0.717, 1.165) is 28.2 Å². The van der Waals surface area contributed by atoms with Crippen LogP contribution in [0.1, 0.15) is 18.4 Å². The summed E-state index contributed by atoms with van der Waals surface area (Å²) in [7, 11) is 0. The van der Waals surface area contributed by atoms with Crippen molar-refractivity contribution in [3.05, 3.63) is 34.9 Å². The first kappa shape index (κ1) is 18.3. The lowest BCUT2D eigenvalue weighted by Crippen LogP contribution is -2.61. The summed E-state index contributed by atoms with van der Waals surface area (Å²) in [4.78, 5) is 39.7. The topological polar surface area (TPSA) is 101 Å². The summed E-state index contributed by atoms with van der Waals surface area (Å²) < 4.78 is 0. The van der Waals surface area contributed by atoms with E-state index in [-0.39, 0.29) is 38.1 Å². The Hall–Kier alpha value is -2.48. The number of hydrogen-bond acceptors (Lipinski definition) is 3. The summed E-state index contributed by atoms with van der Waals surface area (Å²) in [6, 6.07) is 6.18. The molecule has 2 N–H and O–H groups in total. The molecule has 0 bridgehead atoms. The number of hydrogen-bond donors (Lipinski definition) is 2. The fraction of sp³-hybridized carbons (Fsp3) is 0.471. The van der Waals surface area contributed by atoms with Gasteiger partial charge in [-0.1, -0.05) is 29.8 Å². The van der Waals surface area contributed by atoms with Crippen molar-refractivity contribution in [2.24, 2.45) is 0 Å². The first-order valence-electron chi connectivity index (χ1n) is 8.40. The zero-order valence-electron chi connectivity index (χ0n) is 14.0. The molecule has 1 aromatic rings. The molecule has 9 heteroatoms. The molecule has 26 heavy (non-hydrogen) atoms. The highest BCUT2D eigenvalue weighted by Gasteiger charge is 2.42. The number of benzene rings is 1. The molecule has 1 saturated carbocycles. The van der Waals surface area contributed by atoms with Crippen LogP contribution in [0.3, 0.4) is 0 Å². The SMILES string of the molecule is O=C(O)N1CCN(C(=O)O)C(C(=O)N(Cc2ccccc2Cl)C2CC2)C1. The van der Waals surface area contributed by atoms with Crippen LogP contribution in [0.5, 0.6) is 0 Å². The molecule has 3 amide bonds. The predicted octanol–water partition coefficient (Wildman–Crippen LogP) is 2.17. The van der Waals surface area contributed by atoms with Gasteiger partial charge in [0.15, 0.2) is 0 Å². The van der Waals surface area contributed by atoms with Gasteiger partial charge in [-0.05, 0) is 24.5 Å². The first-order chi connectivity index (χ1) is 12.4. The Bertz CT molecular complexity index is 724. The van der Waals surface area contributed by atoms with Crippen molar-refractivity contribution in [3.8, 4) is 0 Å². The lowest BCUT2D eigenvalue weighted by atomic mass is 10.1. The lowest BCUT2D eigenvalue weighted by molar-refractivity contribution is -0.139. The molecular formula is C17H20ClN3O5. The second-order valence-electron chi connectivity index (χ2n) is 6.51. The summed E-state index contributed by atoms with van der Waals surface area (Å²) in [6.07, 6.45) is -0.684. The van der Waals surface area contributed by atoms with Crippen LogP contribution in [0.25, 0.3) is 0 Å². The zero-order chi connectivity index (χ0) is 18.8. The number of carbonyl (C=O) groups is 3. The van der Waals surface area contributed by atoms with Gasteiger partial charge in [-0.15, -0.1) is 0 Å². The van der Waals surface area contributed by atoms with E-state index in [4.69, 9.17) is 11.6 Å². The number of carboxylic acid groups (broad SMARTS) is 2. The van der Waals surface area contributed by atoms with Crippen LogP contribution in [0.15, 0.2) is 24.3 Å². The van der Waals surface area contributed by atoms with Gasteiger partial charge < -0.3 is 20.0 Å². The second kappa shape index (κ2) is 7.41. The van der Waals surface area contributed by atoms with Gasteiger partial charge in [0.1, 0.15) is 6.04 Å². The molecule has 1 aromatic carbocycles. The van der Waals surface area contributed by atoms with E-state index in [0.29, 0.717) is 5.02 Å². The maximum Gasteiger partial charge on any atom is 0.408 e. The average Bonchev–Trinajstić information content (AvgIpc) is 3.44. The van der Waals surface area contributed by atoms with Gasteiger partial charge in [-0.25, -0.2) is 9.59 Å². The third-order valence-corrected chi connectivity index (χ3v) is 5.12. The molecule has 2 fully saturated rings. The molecule has 8 nitrogen and oxygen atoms in total. The van der Waals surface area contributed by atoms with E-state index in [1.165, 1.54) is 0 Å². The quantitative estimate of drug-likeness (QED) is 0.832. The summed E-state index contributed by atoms with van der Waals surface area (Å²) >= 11 is 6.20. The highest BCUT2D eigenvalue weighted by molar-refractivity contribution is 6.31. The number of carbonyl (C=O) groups excluding carboxylic acids is 1. The molecule has 0 radical (unpaired) electrons. The van der Waals surface area contributed by atoms with Crippen LogP contribution in [0.2, 0.25) is 5.02 Å². The maximum absolute atomic E-state index is 13.1. The fourth-order valence-electron chi connectivity index (χ4n) is 3.17. The molecule has 1 aliphatic heterocycles. The Kier molecular flexibility index (Phi) is 5.22. The van der Waals surface area contributed by atoms with Crippen LogP contribution in [-0.2, 0) is 11.3 Å².